The maximum atomic E-state index is 12.2. The molecule has 0 saturated carbocycles. The van der Waals surface area contributed by atoms with Crippen LogP contribution < -0.4 is 11.2 Å². The van der Waals surface area contributed by atoms with E-state index in [2.05, 4.69) is 4.98 Å². The fourth-order valence-corrected chi connectivity index (χ4v) is 3.04. The number of hydrogen-bond acceptors (Lipinski definition) is 5. The van der Waals surface area contributed by atoms with Crippen molar-refractivity contribution in [2.24, 2.45) is 14.1 Å². The highest BCUT2D eigenvalue weighted by Crippen LogP contribution is 2.11. The molecule has 20 heavy (non-hydrogen) atoms. The van der Waals surface area contributed by atoms with Crippen molar-refractivity contribution in [2.75, 3.05) is 0 Å². The first-order valence-corrected chi connectivity index (χ1v) is 7.38. The molecule has 2 aromatic rings. The van der Waals surface area contributed by atoms with Crippen molar-refractivity contribution >= 4 is 9.84 Å². The zero-order valence-corrected chi connectivity index (χ0v) is 11.8. The average Bonchev–Trinajstić information content (AvgIpc) is 2.43. The maximum Gasteiger partial charge on any atom is 0.330 e. The van der Waals surface area contributed by atoms with Gasteiger partial charge in [0.2, 0.25) is 9.84 Å². The SMILES string of the molecule is Cn1c(CS(=O)(=O)c2ccccn2)cc(=O)n(C)c1=O. The van der Waals surface area contributed by atoms with Crippen molar-refractivity contribution in [3.63, 3.8) is 0 Å². The molecule has 0 aliphatic carbocycles. The first-order chi connectivity index (χ1) is 9.33. The van der Waals surface area contributed by atoms with Crippen LogP contribution in [0.15, 0.2) is 45.1 Å². The van der Waals surface area contributed by atoms with Crippen molar-refractivity contribution in [1.29, 1.82) is 0 Å². The van der Waals surface area contributed by atoms with Crippen molar-refractivity contribution in [2.45, 2.75) is 10.8 Å². The van der Waals surface area contributed by atoms with E-state index in [0.29, 0.717) is 0 Å². The van der Waals surface area contributed by atoms with E-state index in [1.54, 1.807) is 12.1 Å². The third-order valence-electron chi connectivity index (χ3n) is 2.92. The molecule has 0 atom stereocenters. The molecule has 8 heteroatoms. The van der Waals surface area contributed by atoms with Crippen LogP contribution in [-0.2, 0) is 29.7 Å². The molecule has 0 N–H and O–H groups in total. The van der Waals surface area contributed by atoms with Crippen LogP contribution in [0, 0.1) is 0 Å². The van der Waals surface area contributed by atoms with Gasteiger partial charge in [0.1, 0.15) is 0 Å². The summed E-state index contributed by atoms with van der Waals surface area (Å²) in [5, 5.41) is -0.0897. The molecule has 2 heterocycles. The fourth-order valence-electron chi connectivity index (χ4n) is 1.72. The minimum Gasteiger partial charge on any atom is -0.300 e. The van der Waals surface area contributed by atoms with Gasteiger partial charge in [-0.25, -0.2) is 18.2 Å². The summed E-state index contributed by atoms with van der Waals surface area (Å²) in [6.07, 6.45) is 1.37. The van der Waals surface area contributed by atoms with E-state index in [1.807, 2.05) is 0 Å². The van der Waals surface area contributed by atoms with Crippen molar-refractivity contribution < 1.29 is 8.42 Å². The summed E-state index contributed by atoms with van der Waals surface area (Å²) in [5.41, 5.74) is -0.980. The third-order valence-corrected chi connectivity index (χ3v) is 4.47. The van der Waals surface area contributed by atoms with E-state index in [0.717, 1.165) is 15.2 Å². The van der Waals surface area contributed by atoms with Crippen LogP contribution in [0.2, 0.25) is 0 Å². The lowest BCUT2D eigenvalue weighted by atomic mass is 10.4. The number of hydrogen-bond donors (Lipinski definition) is 0. The monoisotopic (exact) mass is 295 g/mol. The highest BCUT2D eigenvalue weighted by Gasteiger charge is 2.19. The average molecular weight is 295 g/mol. The summed E-state index contributed by atoms with van der Waals surface area (Å²) in [6, 6.07) is 5.67. The zero-order chi connectivity index (χ0) is 14.9. The predicted molar refractivity (Wildman–Crippen MR) is 72.1 cm³/mol. The van der Waals surface area contributed by atoms with Gasteiger partial charge in [0.25, 0.3) is 5.56 Å². The number of rotatable bonds is 3. The first-order valence-electron chi connectivity index (χ1n) is 5.72. The third kappa shape index (κ3) is 2.55. The Kier molecular flexibility index (Phi) is 3.58. The standard InChI is InChI=1S/C12H13N3O4S/c1-14-9(7-11(16)15(2)12(14)17)8-20(18,19)10-5-3-4-6-13-10/h3-7H,8H2,1-2H3. The van der Waals surface area contributed by atoms with E-state index >= 15 is 0 Å². The van der Waals surface area contributed by atoms with E-state index in [-0.39, 0.29) is 10.7 Å². The molecule has 0 saturated heterocycles. The Morgan fingerprint density at radius 1 is 1.15 bits per heavy atom. The molecular weight excluding hydrogens is 282 g/mol. The smallest absolute Gasteiger partial charge is 0.300 e. The Bertz CT molecular complexity index is 851. The molecule has 0 aliphatic heterocycles. The first kappa shape index (κ1) is 14.2. The van der Waals surface area contributed by atoms with Crippen molar-refractivity contribution in [3.8, 4) is 0 Å². The van der Waals surface area contributed by atoms with Gasteiger partial charge in [-0.05, 0) is 12.1 Å². The lowest BCUT2D eigenvalue weighted by Crippen LogP contribution is -2.38. The minimum atomic E-state index is -3.70. The molecule has 0 amide bonds. The summed E-state index contributed by atoms with van der Waals surface area (Å²) < 4.78 is 26.4. The molecule has 0 radical (unpaired) electrons. The summed E-state index contributed by atoms with van der Waals surface area (Å²) in [5.74, 6) is -0.453. The molecule has 2 rings (SSSR count). The van der Waals surface area contributed by atoms with Gasteiger partial charge in [-0.1, -0.05) is 6.07 Å². The molecule has 7 nitrogen and oxygen atoms in total. The highest BCUT2D eigenvalue weighted by atomic mass is 32.2. The van der Waals surface area contributed by atoms with Gasteiger partial charge in [-0.3, -0.25) is 13.9 Å². The van der Waals surface area contributed by atoms with Crippen molar-refractivity contribution in [1.82, 2.24) is 14.1 Å². The quantitative estimate of drug-likeness (QED) is 0.758. The molecule has 0 aromatic carbocycles. The van der Waals surface area contributed by atoms with Gasteiger partial charge in [0, 0.05) is 32.1 Å². The Balaban J connectivity index is 2.51. The lowest BCUT2D eigenvalue weighted by molar-refractivity contribution is 0.586. The van der Waals surface area contributed by atoms with Crippen LogP contribution >= 0.6 is 0 Å². The number of aromatic nitrogens is 3. The molecule has 0 aliphatic rings. The highest BCUT2D eigenvalue weighted by molar-refractivity contribution is 7.90. The van der Waals surface area contributed by atoms with Crippen LogP contribution in [0.25, 0.3) is 0 Å². The van der Waals surface area contributed by atoms with Gasteiger partial charge in [0.15, 0.2) is 5.03 Å². The zero-order valence-electron chi connectivity index (χ0n) is 11.0. The Morgan fingerprint density at radius 2 is 1.85 bits per heavy atom. The normalized spacial score (nSPS) is 11.5. The molecule has 0 spiro atoms. The van der Waals surface area contributed by atoms with Gasteiger partial charge >= 0.3 is 5.69 Å². The van der Waals surface area contributed by atoms with Crippen LogP contribution in [0.4, 0.5) is 0 Å². The topological polar surface area (TPSA) is 91.0 Å². The van der Waals surface area contributed by atoms with E-state index in [9.17, 15) is 18.0 Å². The fraction of sp³-hybridized carbons (Fsp3) is 0.250. The van der Waals surface area contributed by atoms with Crippen LogP contribution in [-0.4, -0.2) is 22.5 Å². The number of sulfone groups is 1. The largest absolute Gasteiger partial charge is 0.330 e. The second-order valence-corrected chi connectivity index (χ2v) is 6.24. The molecule has 0 bridgehead atoms. The van der Waals surface area contributed by atoms with E-state index in [4.69, 9.17) is 0 Å². The summed E-state index contributed by atoms with van der Waals surface area (Å²) >= 11 is 0. The van der Waals surface area contributed by atoms with E-state index in [1.165, 1.54) is 26.4 Å². The van der Waals surface area contributed by atoms with Gasteiger partial charge < -0.3 is 0 Å². The maximum absolute atomic E-state index is 12.2. The summed E-state index contributed by atoms with van der Waals surface area (Å²) in [7, 11) is -0.944. The van der Waals surface area contributed by atoms with Gasteiger partial charge in [-0.2, -0.15) is 0 Å². The second kappa shape index (κ2) is 5.04. The Labute approximate surface area is 115 Å². The number of nitrogens with zero attached hydrogens (tertiary/aromatic N) is 3. The molecule has 106 valence electrons. The summed E-state index contributed by atoms with van der Waals surface area (Å²) in [6.45, 7) is 0. The van der Waals surface area contributed by atoms with Crippen LogP contribution in [0.5, 0.6) is 0 Å². The van der Waals surface area contributed by atoms with Gasteiger partial charge in [0.05, 0.1) is 5.75 Å². The predicted octanol–water partition coefficient (Wildman–Crippen LogP) is -0.547. The number of pyridine rings is 1. The molecule has 0 unspecified atom stereocenters. The summed E-state index contributed by atoms with van der Waals surface area (Å²) in [4.78, 5) is 27.1. The minimum absolute atomic E-state index is 0.0897. The molecular formula is C12H13N3O4S. The van der Waals surface area contributed by atoms with Crippen LogP contribution in [0.1, 0.15) is 5.69 Å². The molecule has 2 aromatic heterocycles. The van der Waals surface area contributed by atoms with Crippen molar-refractivity contribution in [3.05, 3.63) is 57.0 Å². The molecule has 0 fully saturated rings. The Morgan fingerprint density at radius 3 is 2.45 bits per heavy atom. The lowest BCUT2D eigenvalue weighted by Gasteiger charge is -2.09. The van der Waals surface area contributed by atoms with Gasteiger partial charge in [-0.15, -0.1) is 0 Å². The Hall–Kier alpha value is -2.22. The second-order valence-electron chi connectivity index (χ2n) is 4.30. The van der Waals surface area contributed by atoms with Crippen LogP contribution in [0.3, 0.4) is 0 Å². The van der Waals surface area contributed by atoms with E-state index < -0.39 is 26.8 Å².